The highest BCUT2D eigenvalue weighted by atomic mass is 16.1. The first-order chi connectivity index (χ1) is 5.46. The van der Waals surface area contributed by atoms with E-state index in [1.165, 1.54) is 13.8 Å². The van der Waals surface area contributed by atoms with Crippen LogP contribution in [0.1, 0.15) is 11.1 Å². The van der Waals surface area contributed by atoms with E-state index in [1.807, 2.05) is 0 Å². The molecule has 4 nitrogen and oxygen atoms in total. The Hall–Kier alpha value is -1.58. The summed E-state index contributed by atoms with van der Waals surface area (Å²) in [6, 6.07) is 0. The van der Waals surface area contributed by atoms with Crippen LogP contribution in [0.15, 0.2) is 9.59 Å². The van der Waals surface area contributed by atoms with Gasteiger partial charge in [0.25, 0.3) is 0 Å². The molecular weight excluding hydrogens is 156 g/mol. The molecule has 0 heterocycles. The summed E-state index contributed by atoms with van der Waals surface area (Å²) in [6.07, 6.45) is 0. The third kappa shape index (κ3) is 0.922. The van der Waals surface area contributed by atoms with E-state index in [2.05, 4.69) is 0 Å². The molecule has 0 saturated carbocycles. The predicted octanol–water partition coefficient (Wildman–Crippen LogP) is -1.14. The molecule has 4 heteroatoms. The highest BCUT2D eigenvalue weighted by Crippen LogP contribution is 1.86. The zero-order chi connectivity index (χ0) is 9.46. The van der Waals surface area contributed by atoms with Crippen LogP contribution in [0.2, 0.25) is 0 Å². The first-order valence-electron chi connectivity index (χ1n) is 3.41. The molecule has 12 heavy (non-hydrogen) atoms. The van der Waals surface area contributed by atoms with Crippen molar-refractivity contribution in [2.75, 3.05) is 0 Å². The van der Waals surface area contributed by atoms with Gasteiger partial charge in [0.05, 0.1) is 0 Å². The molecule has 1 aromatic rings. The minimum Gasteiger partial charge on any atom is -0.295 e. The Balaban J connectivity index is 4.15. The van der Waals surface area contributed by atoms with E-state index in [0.717, 1.165) is 0 Å². The average Bonchev–Trinajstić information content (AvgIpc) is 2.08. The van der Waals surface area contributed by atoms with Crippen molar-refractivity contribution in [3.63, 3.8) is 0 Å². The van der Waals surface area contributed by atoms with Crippen LogP contribution in [-0.4, -0.2) is 0 Å². The largest absolute Gasteiger partial charge is 0.295 e. The maximum absolute atomic E-state index is 11.1. The van der Waals surface area contributed by atoms with Gasteiger partial charge in [-0.25, -0.2) is 0 Å². The summed E-state index contributed by atoms with van der Waals surface area (Å²) >= 11 is 0. The van der Waals surface area contributed by atoms with Crippen molar-refractivity contribution in [1.29, 1.82) is 10.8 Å². The van der Waals surface area contributed by atoms with Crippen molar-refractivity contribution >= 4 is 0 Å². The maximum Gasteiger partial charge on any atom is 0.209 e. The van der Waals surface area contributed by atoms with Gasteiger partial charge in [0, 0.05) is 11.1 Å². The molecule has 1 aromatic carbocycles. The standard InChI is InChI=1S/C8H8N2O2/c1-3-4(2)8(12)6(10)5(9)7(3)11/h9-10H,1-2H3. The van der Waals surface area contributed by atoms with Crippen LogP contribution in [0.5, 0.6) is 0 Å². The lowest BCUT2D eigenvalue weighted by atomic mass is 10.1. The number of nitrogens with one attached hydrogen (secondary N) is 2. The van der Waals surface area contributed by atoms with Gasteiger partial charge in [0.15, 0.2) is 0 Å². The summed E-state index contributed by atoms with van der Waals surface area (Å²) in [4.78, 5) is 22.2. The molecule has 0 fully saturated rings. The van der Waals surface area contributed by atoms with Crippen LogP contribution in [0, 0.1) is 24.7 Å². The van der Waals surface area contributed by atoms with Gasteiger partial charge in [-0.15, -0.1) is 0 Å². The average molecular weight is 164 g/mol. The second kappa shape index (κ2) is 2.48. The van der Waals surface area contributed by atoms with Crippen LogP contribution in [-0.2, 0) is 0 Å². The summed E-state index contributed by atoms with van der Waals surface area (Å²) in [6.45, 7) is 2.99. The van der Waals surface area contributed by atoms with Crippen molar-refractivity contribution in [1.82, 2.24) is 0 Å². The molecule has 62 valence electrons. The summed E-state index contributed by atoms with van der Waals surface area (Å²) in [5, 5.41) is 13.3. The molecule has 1 rings (SSSR count). The second-order valence-corrected chi connectivity index (χ2v) is 2.66. The van der Waals surface area contributed by atoms with E-state index in [4.69, 9.17) is 10.8 Å². The molecule has 0 atom stereocenters. The molecular formula is C8H8N2O2. The van der Waals surface area contributed by atoms with Crippen molar-refractivity contribution in [3.05, 3.63) is 42.3 Å². The molecule has 0 spiro atoms. The zero-order valence-corrected chi connectivity index (χ0v) is 6.82. The van der Waals surface area contributed by atoms with Crippen molar-refractivity contribution in [2.24, 2.45) is 0 Å². The first kappa shape index (κ1) is 8.52. The van der Waals surface area contributed by atoms with E-state index < -0.39 is 21.6 Å². The fourth-order valence-electron chi connectivity index (χ4n) is 0.943. The Morgan fingerprint density at radius 2 is 1.08 bits per heavy atom. The van der Waals surface area contributed by atoms with Gasteiger partial charge in [0.1, 0.15) is 10.7 Å². The molecule has 0 aromatic heterocycles. The van der Waals surface area contributed by atoms with E-state index in [1.54, 1.807) is 0 Å². The van der Waals surface area contributed by atoms with Crippen molar-refractivity contribution in [3.8, 4) is 0 Å². The number of benzene rings is 1. The molecule has 2 N–H and O–H groups in total. The van der Waals surface area contributed by atoms with Gasteiger partial charge in [0.2, 0.25) is 10.9 Å². The minimum absolute atomic E-state index is 0.279. The molecule has 0 aliphatic carbocycles. The van der Waals surface area contributed by atoms with Crippen molar-refractivity contribution < 1.29 is 0 Å². The minimum atomic E-state index is -0.517. The van der Waals surface area contributed by atoms with Crippen LogP contribution >= 0.6 is 0 Å². The van der Waals surface area contributed by atoms with E-state index >= 15 is 0 Å². The molecule has 0 saturated heterocycles. The monoisotopic (exact) mass is 164 g/mol. The van der Waals surface area contributed by atoms with Crippen LogP contribution in [0.3, 0.4) is 0 Å². The number of hydrogen-bond donors (Lipinski definition) is 2. The quantitative estimate of drug-likeness (QED) is 0.508. The normalized spacial score (nSPS) is 10.2. The topological polar surface area (TPSA) is 81.8 Å². The zero-order valence-electron chi connectivity index (χ0n) is 6.82. The summed E-state index contributed by atoms with van der Waals surface area (Å²) in [7, 11) is 0. The summed E-state index contributed by atoms with van der Waals surface area (Å²) in [5.41, 5.74) is -0.476. The lowest BCUT2D eigenvalue weighted by Crippen LogP contribution is -2.49. The highest BCUT2D eigenvalue weighted by molar-refractivity contribution is 5.23. The van der Waals surface area contributed by atoms with Crippen molar-refractivity contribution in [2.45, 2.75) is 13.8 Å². The molecule has 0 unspecified atom stereocenters. The lowest BCUT2D eigenvalue weighted by molar-refractivity contribution is 1.04. The third-order valence-corrected chi connectivity index (χ3v) is 1.95. The van der Waals surface area contributed by atoms with E-state index in [-0.39, 0.29) is 11.1 Å². The van der Waals surface area contributed by atoms with Gasteiger partial charge in [-0.3, -0.25) is 20.4 Å². The van der Waals surface area contributed by atoms with Gasteiger partial charge in [-0.2, -0.15) is 0 Å². The Kier molecular flexibility index (Phi) is 1.76. The smallest absolute Gasteiger partial charge is 0.209 e. The molecule has 0 amide bonds. The van der Waals surface area contributed by atoms with Gasteiger partial charge in [-0.1, -0.05) is 0 Å². The molecule has 0 aliphatic heterocycles. The highest BCUT2D eigenvalue weighted by Gasteiger charge is 2.06. The summed E-state index contributed by atoms with van der Waals surface area (Å²) < 4.78 is 0. The van der Waals surface area contributed by atoms with Crippen LogP contribution in [0.25, 0.3) is 0 Å². The van der Waals surface area contributed by atoms with Crippen LogP contribution in [0.4, 0.5) is 0 Å². The third-order valence-electron chi connectivity index (χ3n) is 1.95. The maximum atomic E-state index is 11.1. The van der Waals surface area contributed by atoms with Gasteiger partial charge >= 0.3 is 0 Å². The predicted molar refractivity (Wildman–Crippen MR) is 42.5 cm³/mol. The number of hydrogen-bond acceptors (Lipinski definition) is 4. The SMILES string of the molecule is Cc1c(C)c(=O)c(=N)c(=N)c1=O. The Bertz CT molecular complexity index is 473. The fourth-order valence-corrected chi connectivity index (χ4v) is 0.943. The molecule has 0 radical (unpaired) electrons. The molecule has 0 bridgehead atoms. The fraction of sp³-hybridized carbons (Fsp3) is 0.250. The first-order valence-corrected chi connectivity index (χ1v) is 3.41. The number of rotatable bonds is 0. The van der Waals surface area contributed by atoms with Crippen LogP contribution < -0.4 is 21.6 Å². The molecule has 0 aliphatic rings. The van der Waals surface area contributed by atoms with Gasteiger partial charge in [-0.05, 0) is 13.8 Å². The van der Waals surface area contributed by atoms with E-state index in [0.29, 0.717) is 0 Å². The second-order valence-electron chi connectivity index (χ2n) is 2.66. The van der Waals surface area contributed by atoms with Gasteiger partial charge < -0.3 is 0 Å². The Morgan fingerprint density at radius 1 is 0.833 bits per heavy atom. The Morgan fingerprint density at radius 3 is 1.33 bits per heavy atom. The lowest BCUT2D eigenvalue weighted by Gasteiger charge is -1.93. The Labute approximate surface area is 67.9 Å². The summed E-state index contributed by atoms with van der Waals surface area (Å²) in [5.74, 6) is 0. The van der Waals surface area contributed by atoms with E-state index in [9.17, 15) is 9.59 Å².